The van der Waals surface area contributed by atoms with E-state index in [0.717, 1.165) is 75.5 Å². The molecule has 0 aromatic heterocycles. The zero-order valence-electron chi connectivity index (χ0n) is 51.9. The normalized spacial score (nSPS) is 12.8. The number of hydrogen-bond donors (Lipinski definition) is 0. The van der Waals surface area contributed by atoms with Crippen LogP contribution in [-0.2, 0) is 28.6 Å². The largest absolute Gasteiger partial charge is 0.462 e. The minimum Gasteiger partial charge on any atom is -0.462 e. The van der Waals surface area contributed by atoms with Gasteiger partial charge in [0.2, 0.25) is 0 Å². The number of carbonyl (C=O) groups is 3. The molecule has 0 spiro atoms. The summed E-state index contributed by atoms with van der Waals surface area (Å²) in [6, 6.07) is 0. The van der Waals surface area contributed by atoms with E-state index >= 15 is 0 Å². The molecule has 0 saturated carbocycles. The Bertz CT molecular complexity index is 1170. The first-order valence-corrected chi connectivity index (χ1v) is 34.2. The van der Waals surface area contributed by atoms with Crippen LogP contribution in [0.2, 0.25) is 0 Å². The van der Waals surface area contributed by atoms with Crippen LogP contribution in [0.1, 0.15) is 388 Å². The lowest BCUT2D eigenvalue weighted by molar-refractivity contribution is -0.167. The third-order valence-corrected chi connectivity index (χ3v) is 16.6. The molecule has 2 unspecified atom stereocenters. The van der Waals surface area contributed by atoms with Crippen molar-refractivity contribution < 1.29 is 28.6 Å². The average Bonchev–Trinajstić information content (AvgIpc) is 3.40. The van der Waals surface area contributed by atoms with E-state index in [1.165, 1.54) is 270 Å². The third-order valence-electron chi connectivity index (χ3n) is 16.6. The number of unbranched alkanes of at least 4 members (excludes halogenated alkanes) is 43. The molecule has 75 heavy (non-hydrogen) atoms. The van der Waals surface area contributed by atoms with E-state index in [9.17, 15) is 14.4 Å². The molecule has 0 bridgehead atoms. The monoisotopic (exact) mass is 1060 g/mol. The molecule has 0 radical (unpaired) electrons. The maximum atomic E-state index is 12.9. The van der Waals surface area contributed by atoms with Crippen LogP contribution < -0.4 is 0 Å². The fourth-order valence-electron chi connectivity index (χ4n) is 10.7. The summed E-state index contributed by atoms with van der Waals surface area (Å²) in [5, 5.41) is 0. The van der Waals surface area contributed by atoms with Crippen molar-refractivity contribution in [3.63, 3.8) is 0 Å². The van der Waals surface area contributed by atoms with Crippen LogP contribution in [0.4, 0.5) is 0 Å². The van der Waals surface area contributed by atoms with Crippen LogP contribution in [0, 0.1) is 17.8 Å². The Morgan fingerprint density at radius 2 is 0.467 bits per heavy atom. The standard InChI is InChI=1S/C69H134O6/c1-7-64(5)56-50-44-38-32-25-21-17-13-9-11-15-19-23-27-34-40-46-52-58-67(70)73-61-66(62-74-68(71)59-53-47-41-35-30-29-31-37-43-49-55-63(3)4)75-69(72)60-54-48-42-36-28-24-20-16-12-10-14-18-22-26-33-39-45-51-57-65(6)8-2/h63-66H,7-62H2,1-6H3/t64?,65?,66-/m0/s1. The maximum Gasteiger partial charge on any atom is 0.306 e. The van der Waals surface area contributed by atoms with Crippen LogP contribution in [0.5, 0.6) is 0 Å². The molecule has 0 aliphatic rings. The predicted molar refractivity (Wildman–Crippen MR) is 326 cm³/mol. The van der Waals surface area contributed by atoms with Crippen molar-refractivity contribution in [1.29, 1.82) is 0 Å². The molecule has 3 atom stereocenters. The van der Waals surface area contributed by atoms with E-state index in [-0.39, 0.29) is 31.1 Å². The fraction of sp³-hybridized carbons (Fsp3) is 0.957. The van der Waals surface area contributed by atoms with E-state index in [4.69, 9.17) is 14.2 Å². The summed E-state index contributed by atoms with van der Waals surface area (Å²) in [5.74, 6) is 1.80. The van der Waals surface area contributed by atoms with Gasteiger partial charge in [0.25, 0.3) is 0 Å². The molecule has 0 aliphatic heterocycles. The Balaban J connectivity index is 4.23. The van der Waals surface area contributed by atoms with Crippen molar-refractivity contribution >= 4 is 17.9 Å². The molecule has 0 heterocycles. The predicted octanol–water partition coefficient (Wildman–Crippen LogP) is 23.0. The summed E-state index contributed by atoms with van der Waals surface area (Å²) >= 11 is 0. The number of rotatable bonds is 62. The van der Waals surface area contributed by atoms with Gasteiger partial charge in [0.1, 0.15) is 13.2 Å². The summed E-state index contributed by atoms with van der Waals surface area (Å²) in [6.45, 7) is 13.9. The quantitative estimate of drug-likeness (QED) is 0.0343. The number of hydrogen-bond acceptors (Lipinski definition) is 6. The average molecular weight is 1060 g/mol. The molecular weight excluding hydrogens is 925 g/mol. The summed E-state index contributed by atoms with van der Waals surface area (Å²) < 4.78 is 17.0. The molecule has 0 fully saturated rings. The Labute approximate surface area is 469 Å². The van der Waals surface area contributed by atoms with Gasteiger partial charge in [-0.15, -0.1) is 0 Å². The summed E-state index contributed by atoms with van der Waals surface area (Å²) in [7, 11) is 0. The van der Waals surface area contributed by atoms with Gasteiger partial charge in [0.05, 0.1) is 0 Å². The van der Waals surface area contributed by atoms with Gasteiger partial charge in [-0.25, -0.2) is 0 Å². The minimum absolute atomic E-state index is 0.0624. The van der Waals surface area contributed by atoms with Crippen LogP contribution >= 0.6 is 0 Å². The van der Waals surface area contributed by atoms with Crippen molar-refractivity contribution in [2.45, 2.75) is 394 Å². The molecular formula is C69H134O6. The van der Waals surface area contributed by atoms with Crippen molar-refractivity contribution in [3.05, 3.63) is 0 Å². The maximum absolute atomic E-state index is 12.9. The second-order valence-corrected chi connectivity index (χ2v) is 24.8. The lowest BCUT2D eigenvalue weighted by Crippen LogP contribution is -2.30. The molecule has 446 valence electrons. The first kappa shape index (κ1) is 73.4. The van der Waals surface area contributed by atoms with E-state index in [1.54, 1.807) is 0 Å². The Hall–Kier alpha value is -1.59. The highest BCUT2D eigenvalue weighted by molar-refractivity contribution is 5.71. The van der Waals surface area contributed by atoms with Gasteiger partial charge < -0.3 is 14.2 Å². The van der Waals surface area contributed by atoms with E-state index in [0.29, 0.717) is 19.3 Å². The molecule has 0 aromatic carbocycles. The molecule has 6 heteroatoms. The van der Waals surface area contributed by atoms with Gasteiger partial charge in [-0.05, 0) is 37.0 Å². The van der Waals surface area contributed by atoms with Gasteiger partial charge in [-0.2, -0.15) is 0 Å². The second kappa shape index (κ2) is 60.1. The Morgan fingerprint density at radius 3 is 0.693 bits per heavy atom. The van der Waals surface area contributed by atoms with E-state index in [2.05, 4.69) is 41.5 Å². The molecule has 0 N–H and O–H groups in total. The van der Waals surface area contributed by atoms with Gasteiger partial charge in [-0.3, -0.25) is 14.4 Å². The zero-order chi connectivity index (χ0) is 54.8. The zero-order valence-corrected chi connectivity index (χ0v) is 51.9. The first-order valence-electron chi connectivity index (χ1n) is 34.2. The van der Waals surface area contributed by atoms with Gasteiger partial charge in [-0.1, -0.05) is 350 Å². The molecule has 0 aromatic rings. The first-order chi connectivity index (χ1) is 36.7. The Kier molecular flexibility index (Phi) is 58.8. The van der Waals surface area contributed by atoms with Gasteiger partial charge >= 0.3 is 17.9 Å². The van der Waals surface area contributed by atoms with Crippen molar-refractivity contribution in [3.8, 4) is 0 Å². The second-order valence-electron chi connectivity index (χ2n) is 24.8. The highest BCUT2D eigenvalue weighted by Gasteiger charge is 2.20. The van der Waals surface area contributed by atoms with E-state index in [1.807, 2.05) is 0 Å². The third kappa shape index (κ3) is 59.9. The lowest BCUT2D eigenvalue weighted by atomic mass is 9.99. The van der Waals surface area contributed by atoms with Crippen LogP contribution in [0.3, 0.4) is 0 Å². The summed E-state index contributed by atoms with van der Waals surface area (Å²) in [4.78, 5) is 38.4. The molecule has 0 amide bonds. The number of esters is 3. The SMILES string of the molecule is CCC(C)CCCCCCCCCCCCCCCCCCCCC(=O)OC[C@@H](COC(=O)CCCCCCCCCCCCC(C)C)OC(=O)CCCCCCCCCCCCCCCCCCCCC(C)CC. The van der Waals surface area contributed by atoms with Crippen LogP contribution in [0.15, 0.2) is 0 Å². The van der Waals surface area contributed by atoms with Crippen molar-refractivity contribution in [1.82, 2.24) is 0 Å². The fourth-order valence-corrected chi connectivity index (χ4v) is 10.7. The van der Waals surface area contributed by atoms with E-state index < -0.39 is 6.10 Å². The molecule has 0 saturated heterocycles. The topological polar surface area (TPSA) is 78.9 Å². The number of carbonyl (C=O) groups excluding carboxylic acids is 3. The van der Waals surface area contributed by atoms with Crippen LogP contribution in [-0.4, -0.2) is 37.2 Å². The van der Waals surface area contributed by atoms with Gasteiger partial charge in [0, 0.05) is 19.3 Å². The summed E-state index contributed by atoms with van der Waals surface area (Å²) in [5.41, 5.74) is 0. The highest BCUT2D eigenvalue weighted by Crippen LogP contribution is 2.20. The van der Waals surface area contributed by atoms with Gasteiger partial charge in [0.15, 0.2) is 6.10 Å². The molecule has 0 rings (SSSR count). The Morgan fingerprint density at radius 1 is 0.267 bits per heavy atom. The number of ether oxygens (including phenoxy) is 3. The van der Waals surface area contributed by atoms with Crippen LogP contribution in [0.25, 0.3) is 0 Å². The van der Waals surface area contributed by atoms with Crippen molar-refractivity contribution in [2.75, 3.05) is 13.2 Å². The molecule has 0 aliphatic carbocycles. The summed E-state index contributed by atoms with van der Waals surface area (Å²) in [6.07, 6.45) is 66.8. The minimum atomic E-state index is -0.765. The highest BCUT2D eigenvalue weighted by atomic mass is 16.6. The lowest BCUT2D eigenvalue weighted by Gasteiger charge is -2.18. The smallest absolute Gasteiger partial charge is 0.306 e. The van der Waals surface area contributed by atoms with Crippen molar-refractivity contribution in [2.24, 2.45) is 17.8 Å². The molecule has 6 nitrogen and oxygen atoms in total.